The average Bonchev–Trinajstić information content (AvgIpc) is 3.17. The molecule has 0 atom stereocenters. The van der Waals surface area contributed by atoms with Gasteiger partial charge in [0.05, 0.1) is 31.2 Å². The molecule has 0 saturated carbocycles. The number of amides is 2. The van der Waals surface area contributed by atoms with E-state index in [0.29, 0.717) is 35.8 Å². The second-order valence-corrected chi connectivity index (χ2v) is 6.36. The number of carbonyl (C=O) groups is 3. The second kappa shape index (κ2) is 9.09. The number of para-hydroxylation sites is 2. The minimum absolute atomic E-state index is 0.0200. The fourth-order valence-electron chi connectivity index (χ4n) is 3.08. The summed E-state index contributed by atoms with van der Waals surface area (Å²) in [5.41, 5.74) is 1.36. The number of nitrogens with zero attached hydrogens (tertiary/aromatic N) is 1. The normalized spacial score (nSPS) is 13.2. The molecule has 1 heterocycles. The molecule has 2 amide bonds. The third-order valence-electron chi connectivity index (χ3n) is 4.50. The second-order valence-electron chi connectivity index (χ2n) is 6.36. The lowest BCUT2D eigenvalue weighted by Gasteiger charge is -2.19. The maximum atomic E-state index is 12.3. The van der Waals surface area contributed by atoms with Crippen molar-refractivity contribution >= 4 is 29.2 Å². The van der Waals surface area contributed by atoms with Crippen molar-refractivity contribution < 1.29 is 28.6 Å². The molecule has 1 N–H and O–H groups in total. The average molecular weight is 398 g/mol. The van der Waals surface area contributed by atoms with Gasteiger partial charge < -0.3 is 24.4 Å². The van der Waals surface area contributed by atoms with Gasteiger partial charge in [-0.2, -0.15) is 0 Å². The number of carbonyl (C=O) groups excluding carboxylic acids is 3. The maximum Gasteiger partial charge on any atom is 0.338 e. The Labute approximate surface area is 168 Å². The van der Waals surface area contributed by atoms with Crippen molar-refractivity contribution in [1.82, 2.24) is 0 Å². The lowest BCUT2D eigenvalue weighted by molar-refractivity contribution is -0.119. The van der Waals surface area contributed by atoms with Gasteiger partial charge in [-0.05, 0) is 36.8 Å². The van der Waals surface area contributed by atoms with Crippen molar-refractivity contribution in [2.24, 2.45) is 0 Å². The van der Waals surface area contributed by atoms with Crippen LogP contribution in [0.15, 0.2) is 42.5 Å². The smallest absolute Gasteiger partial charge is 0.338 e. The summed E-state index contributed by atoms with van der Waals surface area (Å²) in [6.07, 6.45) is 1.27. The molecule has 29 heavy (non-hydrogen) atoms. The van der Waals surface area contributed by atoms with Gasteiger partial charge >= 0.3 is 5.97 Å². The zero-order valence-electron chi connectivity index (χ0n) is 16.3. The number of rotatable bonds is 7. The fraction of sp³-hybridized carbons (Fsp3) is 0.286. The summed E-state index contributed by atoms with van der Waals surface area (Å²) in [6, 6.07) is 11.6. The Morgan fingerprint density at radius 2 is 1.83 bits per heavy atom. The molecule has 0 aliphatic carbocycles. The van der Waals surface area contributed by atoms with E-state index >= 15 is 0 Å². The Hall–Kier alpha value is -3.55. The van der Waals surface area contributed by atoms with Gasteiger partial charge in [0.1, 0.15) is 0 Å². The standard InChI is InChI=1S/C21H22N2O6/c1-27-17-10-9-14(12-18(17)28-2)21(26)29-13-19(24)22-15-6-3-4-7-16(15)23-11-5-8-20(23)25/h3-4,6-7,9-10,12H,5,8,11,13H2,1-2H3,(H,22,24). The van der Waals surface area contributed by atoms with Crippen molar-refractivity contribution in [1.29, 1.82) is 0 Å². The van der Waals surface area contributed by atoms with Crippen LogP contribution in [0.3, 0.4) is 0 Å². The molecule has 1 saturated heterocycles. The van der Waals surface area contributed by atoms with Crippen LogP contribution in [0.25, 0.3) is 0 Å². The summed E-state index contributed by atoms with van der Waals surface area (Å²) in [6.45, 7) is 0.148. The molecule has 0 unspecified atom stereocenters. The molecule has 8 heteroatoms. The van der Waals surface area contributed by atoms with Crippen molar-refractivity contribution in [3.05, 3.63) is 48.0 Å². The molecule has 152 valence electrons. The predicted octanol–water partition coefficient (Wildman–Crippen LogP) is 2.63. The SMILES string of the molecule is COc1ccc(C(=O)OCC(=O)Nc2ccccc2N2CCCC2=O)cc1OC. The Bertz CT molecular complexity index is 927. The monoisotopic (exact) mass is 398 g/mol. The largest absolute Gasteiger partial charge is 0.493 e. The number of nitrogens with one attached hydrogen (secondary N) is 1. The molecule has 0 radical (unpaired) electrons. The first-order valence-corrected chi connectivity index (χ1v) is 9.12. The van der Waals surface area contributed by atoms with E-state index in [0.717, 1.165) is 6.42 Å². The van der Waals surface area contributed by atoms with Crippen LogP contribution in [0.2, 0.25) is 0 Å². The summed E-state index contributed by atoms with van der Waals surface area (Å²) < 4.78 is 15.4. The van der Waals surface area contributed by atoms with Gasteiger partial charge in [0.2, 0.25) is 5.91 Å². The van der Waals surface area contributed by atoms with E-state index in [4.69, 9.17) is 14.2 Å². The highest BCUT2D eigenvalue weighted by Gasteiger charge is 2.24. The third-order valence-corrected chi connectivity index (χ3v) is 4.50. The number of hydrogen-bond donors (Lipinski definition) is 1. The highest BCUT2D eigenvalue weighted by Crippen LogP contribution is 2.30. The molecule has 0 aromatic heterocycles. The first-order chi connectivity index (χ1) is 14.0. The van der Waals surface area contributed by atoms with E-state index < -0.39 is 18.5 Å². The molecule has 0 spiro atoms. The minimum Gasteiger partial charge on any atom is -0.493 e. The van der Waals surface area contributed by atoms with Crippen LogP contribution < -0.4 is 19.7 Å². The van der Waals surface area contributed by atoms with Gasteiger partial charge in [-0.15, -0.1) is 0 Å². The zero-order valence-corrected chi connectivity index (χ0v) is 16.3. The molecule has 2 aromatic carbocycles. The van der Waals surface area contributed by atoms with Crippen LogP contribution in [0.1, 0.15) is 23.2 Å². The highest BCUT2D eigenvalue weighted by atomic mass is 16.5. The lowest BCUT2D eigenvalue weighted by atomic mass is 10.2. The summed E-state index contributed by atoms with van der Waals surface area (Å²) in [5, 5.41) is 2.70. The van der Waals surface area contributed by atoms with Crippen LogP contribution >= 0.6 is 0 Å². The Kier molecular flexibility index (Phi) is 6.33. The van der Waals surface area contributed by atoms with E-state index in [1.165, 1.54) is 26.4 Å². The van der Waals surface area contributed by atoms with Crippen molar-refractivity contribution in [2.45, 2.75) is 12.8 Å². The Morgan fingerprint density at radius 1 is 1.07 bits per heavy atom. The van der Waals surface area contributed by atoms with E-state index in [2.05, 4.69) is 5.32 Å². The lowest BCUT2D eigenvalue weighted by Crippen LogP contribution is -2.27. The first-order valence-electron chi connectivity index (χ1n) is 9.12. The molecule has 2 aromatic rings. The minimum atomic E-state index is -0.663. The summed E-state index contributed by atoms with van der Waals surface area (Å²) in [5.74, 6) is -0.279. The van der Waals surface area contributed by atoms with E-state index in [-0.39, 0.29) is 11.5 Å². The summed E-state index contributed by atoms with van der Waals surface area (Å²) in [4.78, 5) is 38.2. The van der Waals surface area contributed by atoms with Crippen LogP contribution in [0, 0.1) is 0 Å². The third kappa shape index (κ3) is 4.66. The topological polar surface area (TPSA) is 94.2 Å². The summed E-state index contributed by atoms with van der Waals surface area (Å²) in [7, 11) is 2.96. The van der Waals surface area contributed by atoms with Gasteiger partial charge in [0.25, 0.3) is 5.91 Å². The van der Waals surface area contributed by atoms with Gasteiger partial charge in [-0.25, -0.2) is 4.79 Å². The number of esters is 1. The number of methoxy groups -OCH3 is 2. The van der Waals surface area contributed by atoms with Gasteiger partial charge in [-0.1, -0.05) is 12.1 Å². The molecule has 1 fully saturated rings. The number of benzene rings is 2. The van der Waals surface area contributed by atoms with Crippen molar-refractivity contribution in [2.75, 3.05) is 37.6 Å². The number of anilines is 2. The van der Waals surface area contributed by atoms with Crippen molar-refractivity contribution in [3.8, 4) is 11.5 Å². The van der Waals surface area contributed by atoms with E-state index in [9.17, 15) is 14.4 Å². The zero-order chi connectivity index (χ0) is 20.8. The van der Waals surface area contributed by atoms with Crippen LogP contribution in [-0.2, 0) is 14.3 Å². The quantitative estimate of drug-likeness (QED) is 0.721. The Balaban J connectivity index is 1.62. The van der Waals surface area contributed by atoms with Gasteiger partial charge in [0.15, 0.2) is 18.1 Å². The maximum absolute atomic E-state index is 12.3. The van der Waals surface area contributed by atoms with E-state index in [1.807, 2.05) is 0 Å². The number of hydrogen-bond acceptors (Lipinski definition) is 6. The summed E-state index contributed by atoms with van der Waals surface area (Å²) >= 11 is 0. The molecule has 1 aliphatic heterocycles. The van der Waals surface area contributed by atoms with E-state index in [1.54, 1.807) is 35.2 Å². The molecule has 8 nitrogen and oxygen atoms in total. The van der Waals surface area contributed by atoms with Gasteiger partial charge in [-0.3, -0.25) is 9.59 Å². The highest BCUT2D eigenvalue weighted by molar-refractivity contribution is 6.02. The predicted molar refractivity (Wildman–Crippen MR) is 106 cm³/mol. The van der Waals surface area contributed by atoms with Crippen LogP contribution in [0.4, 0.5) is 11.4 Å². The molecule has 0 bridgehead atoms. The van der Waals surface area contributed by atoms with Gasteiger partial charge in [0, 0.05) is 13.0 Å². The molecular weight excluding hydrogens is 376 g/mol. The first kappa shape index (κ1) is 20.2. The Morgan fingerprint density at radius 3 is 2.52 bits per heavy atom. The van der Waals surface area contributed by atoms with Crippen molar-refractivity contribution in [3.63, 3.8) is 0 Å². The molecule has 3 rings (SSSR count). The fourth-order valence-corrected chi connectivity index (χ4v) is 3.08. The molecule has 1 aliphatic rings. The van der Waals surface area contributed by atoms with Crippen LogP contribution in [-0.4, -0.2) is 45.2 Å². The number of ether oxygens (including phenoxy) is 3. The molecular formula is C21H22N2O6. The van der Waals surface area contributed by atoms with Crippen LogP contribution in [0.5, 0.6) is 11.5 Å².